The smallest absolute Gasteiger partial charge is 0.407 e. The van der Waals surface area contributed by atoms with E-state index in [9.17, 15) is 9.18 Å². The van der Waals surface area contributed by atoms with E-state index < -0.39 is 23.9 Å². The molecule has 1 aliphatic rings. The Hall–Kier alpha value is -3.36. The fraction of sp³-hybridized carbons (Fsp3) is 0.458. The second kappa shape index (κ2) is 9.25. The van der Waals surface area contributed by atoms with Crippen LogP contribution < -0.4 is 15.0 Å². The van der Waals surface area contributed by atoms with Gasteiger partial charge in [0.1, 0.15) is 11.9 Å². The van der Waals surface area contributed by atoms with Crippen LogP contribution >= 0.6 is 0 Å². The van der Waals surface area contributed by atoms with Crippen molar-refractivity contribution in [3.05, 3.63) is 48.3 Å². The molecule has 1 N–H and O–H groups in total. The first-order chi connectivity index (χ1) is 15.7. The number of alkyl carbamates (subject to hydrolysis) is 1. The van der Waals surface area contributed by atoms with Crippen molar-refractivity contribution >= 4 is 23.1 Å². The first-order valence-corrected chi connectivity index (χ1v) is 11.1. The van der Waals surface area contributed by atoms with E-state index in [1.54, 1.807) is 13.3 Å². The highest BCUT2D eigenvalue weighted by Crippen LogP contribution is 2.28. The van der Waals surface area contributed by atoms with Crippen LogP contribution in [0.2, 0.25) is 0 Å². The Morgan fingerprint density at radius 2 is 2.03 bits per heavy atom. The minimum Gasteiger partial charge on any atom is -0.495 e. The van der Waals surface area contributed by atoms with Crippen molar-refractivity contribution in [3.8, 4) is 5.75 Å². The van der Waals surface area contributed by atoms with Crippen LogP contribution in [0.25, 0.3) is 11.0 Å². The van der Waals surface area contributed by atoms with Gasteiger partial charge in [0.2, 0.25) is 5.95 Å². The number of ether oxygens (including phenoxy) is 2. The number of nitrogens with one attached hydrogen (secondary N) is 1. The third-order valence-electron chi connectivity index (χ3n) is 5.48. The number of pyridine rings is 1. The summed E-state index contributed by atoms with van der Waals surface area (Å²) in [5.74, 6) is 1.39. The van der Waals surface area contributed by atoms with Crippen molar-refractivity contribution in [2.75, 3.05) is 25.1 Å². The maximum absolute atomic E-state index is 14.7. The van der Waals surface area contributed by atoms with Gasteiger partial charge in [0.25, 0.3) is 0 Å². The SMILES string of the molecule is COc1ccc(Cn2c(N3CC[C@@H](F)[C@H](OC(=O)NC(C)(C)C)C3)nc3ccccc32)nc1. The number of aromatic nitrogens is 3. The van der Waals surface area contributed by atoms with Gasteiger partial charge in [-0.15, -0.1) is 0 Å². The van der Waals surface area contributed by atoms with Crippen LogP contribution in [0.1, 0.15) is 32.9 Å². The molecule has 0 saturated carbocycles. The molecule has 1 aromatic carbocycles. The molecule has 3 heterocycles. The number of rotatable bonds is 5. The lowest BCUT2D eigenvalue weighted by Gasteiger charge is -2.35. The molecule has 9 heteroatoms. The molecular formula is C24H30FN5O3. The quantitative estimate of drug-likeness (QED) is 0.628. The van der Waals surface area contributed by atoms with Gasteiger partial charge in [-0.3, -0.25) is 4.98 Å². The summed E-state index contributed by atoms with van der Waals surface area (Å²) in [6, 6.07) is 11.6. The van der Waals surface area contributed by atoms with E-state index in [0.717, 1.165) is 16.7 Å². The number of anilines is 1. The van der Waals surface area contributed by atoms with Crippen molar-refractivity contribution in [2.45, 2.75) is 51.6 Å². The minimum absolute atomic E-state index is 0.220. The lowest BCUT2D eigenvalue weighted by molar-refractivity contribution is 0.0319. The zero-order chi connectivity index (χ0) is 23.6. The van der Waals surface area contributed by atoms with Crippen molar-refractivity contribution in [2.24, 2.45) is 0 Å². The summed E-state index contributed by atoms with van der Waals surface area (Å²) < 4.78 is 27.4. The fourth-order valence-corrected chi connectivity index (χ4v) is 3.90. The molecule has 0 radical (unpaired) electrons. The van der Waals surface area contributed by atoms with Crippen molar-refractivity contribution in [3.63, 3.8) is 0 Å². The number of imidazole rings is 1. The summed E-state index contributed by atoms with van der Waals surface area (Å²) in [5.41, 5.74) is 2.18. The second-order valence-corrected chi connectivity index (χ2v) is 9.25. The van der Waals surface area contributed by atoms with E-state index in [0.29, 0.717) is 24.8 Å². The fourth-order valence-electron chi connectivity index (χ4n) is 3.90. The van der Waals surface area contributed by atoms with E-state index in [1.807, 2.05) is 62.1 Å². The molecule has 0 aliphatic carbocycles. The maximum Gasteiger partial charge on any atom is 0.407 e. The van der Waals surface area contributed by atoms with E-state index >= 15 is 0 Å². The van der Waals surface area contributed by atoms with Crippen LogP contribution in [-0.2, 0) is 11.3 Å². The molecule has 0 bridgehead atoms. The molecule has 1 amide bonds. The summed E-state index contributed by atoms with van der Waals surface area (Å²) in [6.07, 6.45) is -0.799. The first-order valence-electron chi connectivity index (χ1n) is 11.1. The summed E-state index contributed by atoms with van der Waals surface area (Å²) in [6.45, 7) is 6.74. The molecule has 0 spiro atoms. The number of halogens is 1. The Morgan fingerprint density at radius 3 is 2.73 bits per heavy atom. The normalized spacial score (nSPS) is 18.9. The number of alkyl halides is 1. The Labute approximate surface area is 192 Å². The molecule has 176 valence electrons. The predicted octanol–water partition coefficient (Wildman–Crippen LogP) is 3.93. The van der Waals surface area contributed by atoms with Crippen LogP contribution in [0, 0.1) is 0 Å². The zero-order valence-electron chi connectivity index (χ0n) is 19.4. The highest BCUT2D eigenvalue weighted by Gasteiger charge is 2.35. The third kappa shape index (κ3) is 5.35. The molecule has 0 unspecified atom stereocenters. The summed E-state index contributed by atoms with van der Waals surface area (Å²) >= 11 is 0. The van der Waals surface area contributed by atoms with E-state index in [2.05, 4.69) is 14.9 Å². The molecule has 1 fully saturated rings. The monoisotopic (exact) mass is 455 g/mol. The highest BCUT2D eigenvalue weighted by atomic mass is 19.1. The van der Waals surface area contributed by atoms with Crippen molar-refractivity contribution < 1.29 is 18.7 Å². The number of carbonyl (C=O) groups excluding carboxylic acids is 1. The number of carbonyl (C=O) groups is 1. The zero-order valence-corrected chi connectivity index (χ0v) is 19.4. The van der Waals surface area contributed by atoms with Gasteiger partial charge in [-0.25, -0.2) is 14.2 Å². The Kier molecular flexibility index (Phi) is 6.40. The summed E-state index contributed by atoms with van der Waals surface area (Å²) in [5, 5.41) is 2.73. The molecular weight excluding hydrogens is 425 g/mol. The number of benzene rings is 1. The number of nitrogens with zero attached hydrogens (tertiary/aromatic N) is 4. The van der Waals surface area contributed by atoms with Crippen LogP contribution in [0.15, 0.2) is 42.6 Å². The standard InChI is InChI=1S/C24H30FN5O3/c1-24(2,3)28-23(31)33-21-15-29(12-11-18(21)25)22-27-19-7-5-6-8-20(19)30(22)14-16-9-10-17(32-4)13-26-16/h5-10,13,18,21H,11-12,14-15H2,1-4H3,(H,28,31)/t18-,21-/m1/s1. The lowest BCUT2D eigenvalue weighted by Crippen LogP contribution is -2.51. The number of methoxy groups -OCH3 is 1. The summed E-state index contributed by atoms with van der Waals surface area (Å²) in [4.78, 5) is 23.6. The van der Waals surface area contributed by atoms with Crippen LogP contribution in [0.5, 0.6) is 5.75 Å². The van der Waals surface area contributed by atoms with Crippen molar-refractivity contribution in [1.29, 1.82) is 0 Å². The third-order valence-corrected chi connectivity index (χ3v) is 5.48. The van der Waals surface area contributed by atoms with Crippen LogP contribution in [0.4, 0.5) is 15.1 Å². The van der Waals surface area contributed by atoms with E-state index in [1.165, 1.54) is 0 Å². The molecule has 8 nitrogen and oxygen atoms in total. The largest absolute Gasteiger partial charge is 0.495 e. The number of hydrogen-bond donors (Lipinski definition) is 1. The number of amides is 1. The Bertz CT molecular complexity index is 1110. The predicted molar refractivity (Wildman–Crippen MR) is 125 cm³/mol. The van der Waals surface area contributed by atoms with Gasteiger partial charge < -0.3 is 24.3 Å². The van der Waals surface area contributed by atoms with E-state index in [-0.39, 0.29) is 13.0 Å². The minimum atomic E-state index is -1.23. The van der Waals surface area contributed by atoms with Gasteiger partial charge in [-0.05, 0) is 51.5 Å². The van der Waals surface area contributed by atoms with Gasteiger partial charge >= 0.3 is 6.09 Å². The average Bonchev–Trinajstić information content (AvgIpc) is 3.13. The molecule has 4 rings (SSSR count). The number of fused-ring (bicyclic) bond motifs is 1. The first kappa shape index (κ1) is 22.8. The van der Waals surface area contributed by atoms with Gasteiger partial charge in [-0.2, -0.15) is 0 Å². The molecule has 2 aromatic heterocycles. The number of piperidine rings is 1. The number of hydrogen-bond acceptors (Lipinski definition) is 6. The van der Waals surface area contributed by atoms with Gasteiger partial charge in [-0.1, -0.05) is 12.1 Å². The van der Waals surface area contributed by atoms with Crippen LogP contribution in [-0.4, -0.2) is 58.6 Å². The maximum atomic E-state index is 14.7. The molecule has 3 aromatic rings. The highest BCUT2D eigenvalue weighted by molar-refractivity contribution is 5.79. The number of para-hydroxylation sites is 2. The van der Waals surface area contributed by atoms with Crippen molar-refractivity contribution in [1.82, 2.24) is 19.9 Å². The topological polar surface area (TPSA) is 81.5 Å². The molecule has 33 heavy (non-hydrogen) atoms. The average molecular weight is 456 g/mol. The van der Waals surface area contributed by atoms with Gasteiger partial charge in [0.05, 0.1) is 43.1 Å². The Morgan fingerprint density at radius 1 is 1.24 bits per heavy atom. The van der Waals surface area contributed by atoms with Gasteiger partial charge in [0, 0.05) is 12.1 Å². The molecule has 1 aliphatic heterocycles. The Balaban J connectivity index is 1.60. The van der Waals surface area contributed by atoms with Gasteiger partial charge in [0.15, 0.2) is 6.10 Å². The van der Waals surface area contributed by atoms with Crippen LogP contribution in [0.3, 0.4) is 0 Å². The lowest BCUT2D eigenvalue weighted by atomic mass is 10.1. The second-order valence-electron chi connectivity index (χ2n) is 9.25. The summed E-state index contributed by atoms with van der Waals surface area (Å²) in [7, 11) is 1.60. The van der Waals surface area contributed by atoms with E-state index in [4.69, 9.17) is 14.5 Å². The molecule has 2 atom stereocenters. The molecule has 1 saturated heterocycles.